The molecule has 1 heterocycles. The van der Waals surface area contributed by atoms with E-state index in [1.165, 1.54) is 6.33 Å². The summed E-state index contributed by atoms with van der Waals surface area (Å²) in [6.07, 6.45) is 1.39. The Balaban J connectivity index is 2.26. The molecule has 1 rings (SSSR count). The Bertz CT molecular complexity index is 287. The lowest BCUT2D eigenvalue weighted by Gasteiger charge is -2.10. The Labute approximate surface area is 87.4 Å². The highest BCUT2D eigenvalue weighted by molar-refractivity contribution is 5.77. The fourth-order valence-electron chi connectivity index (χ4n) is 1.02. The van der Waals surface area contributed by atoms with Crippen molar-refractivity contribution >= 4 is 5.91 Å². The van der Waals surface area contributed by atoms with E-state index in [1.54, 1.807) is 6.92 Å². The van der Waals surface area contributed by atoms with Crippen LogP contribution < -0.4 is 11.1 Å². The van der Waals surface area contributed by atoms with Crippen molar-refractivity contribution in [3.63, 3.8) is 0 Å². The zero-order valence-corrected chi connectivity index (χ0v) is 8.56. The normalized spacial score (nSPS) is 12.4. The third-order valence-electron chi connectivity index (χ3n) is 1.72. The maximum absolute atomic E-state index is 11.3. The number of amides is 1. The summed E-state index contributed by atoms with van der Waals surface area (Å²) in [5, 5.41) is 9.07. The molecule has 15 heavy (non-hydrogen) atoms. The minimum absolute atomic E-state index is 0.00960. The van der Waals surface area contributed by atoms with Crippen LogP contribution in [0.25, 0.3) is 0 Å². The number of carbonyl (C=O) groups is 1. The smallest absolute Gasteiger partial charge is 0.246 e. The van der Waals surface area contributed by atoms with Crippen molar-refractivity contribution < 1.29 is 9.53 Å². The van der Waals surface area contributed by atoms with Crippen LogP contribution in [-0.2, 0) is 9.53 Å². The molecular formula is C8H15N5O2. The first-order valence-electron chi connectivity index (χ1n) is 4.66. The Morgan fingerprint density at radius 3 is 3.20 bits per heavy atom. The molecule has 0 aliphatic heterocycles. The van der Waals surface area contributed by atoms with E-state index in [0.29, 0.717) is 19.0 Å². The van der Waals surface area contributed by atoms with Crippen LogP contribution in [0.1, 0.15) is 18.8 Å². The van der Waals surface area contributed by atoms with Crippen molar-refractivity contribution in [3.05, 3.63) is 12.2 Å². The number of hydrogen-bond donors (Lipinski definition) is 3. The van der Waals surface area contributed by atoms with E-state index in [9.17, 15) is 4.79 Å². The lowest BCUT2D eigenvalue weighted by Crippen LogP contribution is -2.31. The summed E-state index contributed by atoms with van der Waals surface area (Å²) in [6, 6.07) is -0.207. The molecule has 4 N–H and O–H groups in total. The average Bonchev–Trinajstić information content (AvgIpc) is 2.70. The molecule has 0 radical (unpaired) electrons. The average molecular weight is 213 g/mol. The minimum atomic E-state index is -0.207. The Morgan fingerprint density at radius 1 is 1.80 bits per heavy atom. The van der Waals surface area contributed by atoms with E-state index < -0.39 is 0 Å². The van der Waals surface area contributed by atoms with Crippen LogP contribution in [0.15, 0.2) is 6.33 Å². The van der Waals surface area contributed by atoms with Gasteiger partial charge in [-0.2, -0.15) is 5.10 Å². The number of nitrogens with two attached hydrogens (primary N) is 1. The largest absolute Gasteiger partial charge is 0.370 e. The molecule has 0 aliphatic rings. The summed E-state index contributed by atoms with van der Waals surface area (Å²) in [6.45, 7) is 2.60. The lowest BCUT2D eigenvalue weighted by atomic mass is 10.3. The van der Waals surface area contributed by atoms with Crippen LogP contribution in [0.3, 0.4) is 0 Å². The van der Waals surface area contributed by atoms with Crippen molar-refractivity contribution in [3.8, 4) is 0 Å². The van der Waals surface area contributed by atoms with E-state index in [1.807, 2.05) is 0 Å². The van der Waals surface area contributed by atoms with Gasteiger partial charge in [-0.15, -0.1) is 0 Å². The maximum Gasteiger partial charge on any atom is 0.246 e. The molecule has 1 unspecified atom stereocenters. The second-order valence-electron chi connectivity index (χ2n) is 3.00. The molecule has 7 nitrogen and oxygen atoms in total. The molecule has 0 aromatic carbocycles. The van der Waals surface area contributed by atoms with Gasteiger partial charge in [0.15, 0.2) is 0 Å². The predicted molar refractivity (Wildman–Crippen MR) is 52.8 cm³/mol. The molecule has 0 bridgehead atoms. The van der Waals surface area contributed by atoms with E-state index in [2.05, 4.69) is 20.5 Å². The Hall–Kier alpha value is -1.47. The molecule has 0 saturated heterocycles. The van der Waals surface area contributed by atoms with Crippen molar-refractivity contribution in [2.24, 2.45) is 5.73 Å². The number of rotatable bonds is 6. The number of aromatic nitrogens is 3. The number of carbonyl (C=O) groups excluding carboxylic acids is 1. The molecular weight excluding hydrogens is 198 g/mol. The van der Waals surface area contributed by atoms with Gasteiger partial charge in [-0.3, -0.25) is 9.89 Å². The predicted octanol–water partition coefficient (Wildman–Crippen LogP) is -1.04. The molecule has 1 aromatic rings. The van der Waals surface area contributed by atoms with Gasteiger partial charge in [0.1, 0.15) is 18.8 Å². The van der Waals surface area contributed by atoms with Crippen molar-refractivity contribution in [1.82, 2.24) is 20.5 Å². The zero-order valence-electron chi connectivity index (χ0n) is 8.56. The van der Waals surface area contributed by atoms with E-state index in [0.717, 1.165) is 0 Å². The fraction of sp³-hybridized carbons (Fsp3) is 0.625. The fourth-order valence-corrected chi connectivity index (χ4v) is 1.02. The maximum atomic E-state index is 11.3. The van der Waals surface area contributed by atoms with Gasteiger partial charge in [0.25, 0.3) is 0 Å². The first kappa shape index (κ1) is 11.6. The van der Waals surface area contributed by atoms with E-state index in [4.69, 9.17) is 10.5 Å². The summed E-state index contributed by atoms with van der Waals surface area (Å²) in [5.74, 6) is 0.412. The molecule has 1 amide bonds. The van der Waals surface area contributed by atoms with Gasteiger partial charge in [-0.1, -0.05) is 0 Å². The number of aromatic amines is 1. The highest BCUT2D eigenvalue weighted by Gasteiger charge is 2.11. The van der Waals surface area contributed by atoms with Crippen LogP contribution in [0.4, 0.5) is 0 Å². The second-order valence-corrected chi connectivity index (χ2v) is 3.00. The first-order valence-corrected chi connectivity index (χ1v) is 4.66. The van der Waals surface area contributed by atoms with Crippen LogP contribution in [-0.4, -0.2) is 40.8 Å². The van der Waals surface area contributed by atoms with Crippen molar-refractivity contribution in [2.45, 2.75) is 13.0 Å². The molecule has 0 aliphatic carbocycles. The zero-order chi connectivity index (χ0) is 11.1. The van der Waals surface area contributed by atoms with Crippen molar-refractivity contribution in [2.75, 3.05) is 19.8 Å². The molecule has 1 atom stereocenters. The molecule has 1 aromatic heterocycles. The van der Waals surface area contributed by atoms with Gasteiger partial charge in [0.2, 0.25) is 5.91 Å². The van der Waals surface area contributed by atoms with E-state index in [-0.39, 0.29) is 18.6 Å². The van der Waals surface area contributed by atoms with Gasteiger partial charge >= 0.3 is 0 Å². The lowest BCUT2D eigenvalue weighted by molar-refractivity contribution is -0.126. The van der Waals surface area contributed by atoms with Gasteiger partial charge in [-0.05, 0) is 6.92 Å². The third-order valence-corrected chi connectivity index (χ3v) is 1.72. The van der Waals surface area contributed by atoms with Gasteiger partial charge in [0.05, 0.1) is 12.6 Å². The Morgan fingerprint density at radius 2 is 2.60 bits per heavy atom. The van der Waals surface area contributed by atoms with Crippen LogP contribution in [0.5, 0.6) is 0 Å². The summed E-state index contributed by atoms with van der Waals surface area (Å²) in [4.78, 5) is 15.2. The third kappa shape index (κ3) is 4.05. The van der Waals surface area contributed by atoms with Crippen LogP contribution in [0.2, 0.25) is 0 Å². The summed E-state index contributed by atoms with van der Waals surface area (Å²) in [5.41, 5.74) is 5.21. The molecule has 0 fully saturated rings. The number of hydrogen-bond acceptors (Lipinski definition) is 5. The summed E-state index contributed by atoms with van der Waals surface area (Å²) >= 11 is 0. The minimum Gasteiger partial charge on any atom is -0.370 e. The number of nitrogens with zero attached hydrogens (tertiary/aromatic N) is 2. The second kappa shape index (κ2) is 6.10. The summed E-state index contributed by atoms with van der Waals surface area (Å²) in [7, 11) is 0. The molecule has 84 valence electrons. The first-order chi connectivity index (χ1) is 7.24. The number of H-pyrrole nitrogens is 1. The van der Waals surface area contributed by atoms with Gasteiger partial charge < -0.3 is 15.8 Å². The highest BCUT2D eigenvalue weighted by Crippen LogP contribution is 2.02. The SMILES string of the molecule is CC(NC(=O)COCCN)c1ncn[nH]1. The van der Waals surface area contributed by atoms with Gasteiger partial charge in [0, 0.05) is 6.54 Å². The van der Waals surface area contributed by atoms with E-state index >= 15 is 0 Å². The monoisotopic (exact) mass is 213 g/mol. The van der Waals surface area contributed by atoms with Crippen LogP contribution in [0, 0.1) is 0 Å². The van der Waals surface area contributed by atoms with Crippen LogP contribution >= 0.6 is 0 Å². The molecule has 0 saturated carbocycles. The van der Waals surface area contributed by atoms with Gasteiger partial charge in [-0.25, -0.2) is 4.98 Å². The number of ether oxygens (including phenoxy) is 1. The number of nitrogens with one attached hydrogen (secondary N) is 2. The van der Waals surface area contributed by atoms with Crippen molar-refractivity contribution in [1.29, 1.82) is 0 Å². The Kier molecular flexibility index (Phi) is 4.72. The topological polar surface area (TPSA) is 106 Å². The summed E-state index contributed by atoms with van der Waals surface area (Å²) < 4.78 is 4.98. The molecule has 0 spiro atoms. The standard InChI is InChI=1S/C8H15N5O2/c1-6(8-10-5-11-13-8)12-7(14)4-15-3-2-9/h5-6H,2-4,9H2,1H3,(H,12,14)(H,10,11,13). The quantitative estimate of drug-likeness (QED) is 0.523. The molecule has 7 heteroatoms. The highest BCUT2D eigenvalue weighted by atomic mass is 16.5.